The number of hydrogen-bond acceptors (Lipinski definition) is 8. The van der Waals surface area contributed by atoms with Crippen LogP contribution in [0.5, 0.6) is 17.2 Å². The number of nitrogens with one attached hydrogen (secondary N) is 1. The Labute approximate surface area is 293 Å². The van der Waals surface area contributed by atoms with E-state index < -0.39 is 46.8 Å². The summed E-state index contributed by atoms with van der Waals surface area (Å²) in [5.74, 6) is -4.20. The average Bonchev–Trinajstić information content (AvgIpc) is 3.46. The minimum Gasteiger partial charge on any atom is -0.508 e. The summed E-state index contributed by atoms with van der Waals surface area (Å²) in [5, 5.41) is 12.1. The minimum atomic E-state index is -1.54. The summed E-state index contributed by atoms with van der Waals surface area (Å²) >= 11 is 12.7. The highest BCUT2D eigenvalue weighted by Crippen LogP contribution is 2.65. The monoisotopic (exact) mass is 703 g/mol. The van der Waals surface area contributed by atoms with E-state index in [9.17, 15) is 19.5 Å². The van der Waals surface area contributed by atoms with Gasteiger partial charge in [-0.05, 0) is 67.1 Å². The van der Waals surface area contributed by atoms with Crippen molar-refractivity contribution in [1.29, 1.82) is 0 Å². The van der Waals surface area contributed by atoms with Gasteiger partial charge in [0.05, 0.1) is 48.1 Å². The predicted molar refractivity (Wildman–Crippen MR) is 182 cm³/mol. The van der Waals surface area contributed by atoms with Crippen molar-refractivity contribution in [2.24, 2.45) is 23.7 Å². The number of carbonyl (C=O) groups is 4. The van der Waals surface area contributed by atoms with Gasteiger partial charge in [-0.25, -0.2) is 0 Å². The minimum absolute atomic E-state index is 0.0398. The SMILES string of the molecule is CCCN1C(=O)[C@H]2[C@H](CC=C3[C@H]2C[C@H]2C(=O)N(Nc4ccc(Cl)cc4Cl)C(=O)[C@@]2(c2ccc(OC)cc2)[C@H]3c2ccc(O)cc2OC)C1=O. The van der Waals surface area contributed by atoms with Gasteiger partial charge >= 0.3 is 0 Å². The molecule has 12 heteroatoms. The molecule has 0 aromatic heterocycles. The first-order chi connectivity index (χ1) is 23.6. The van der Waals surface area contributed by atoms with E-state index in [2.05, 4.69) is 5.43 Å². The van der Waals surface area contributed by atoms with Crippen molar-refractivity contribution in [3.8, 4) is 17.2 Å². The lowest BCUT2D eigenvalue weighted by Crippen LogP contribution is -2.53. The Bertz CT molecular complexity index is 1910. The van der Waals surface area contributed by atoms with Crippen molar-refractivity contribution < 1.29 is 33.8 Å². The van der Waals surface area contributed by atoms with Gasteiger partial charge in [-0.3, -0.25) is 29.5 Å². The van der Waals surface area contributed by atoms with E-state index >= 15 is 4.79 Å². The van der Waals surface area contributed by atoms with Crippen molar-refractivity contribution in [3.63, 3.8) is 0 Å². The van der Waals surface area contributed by atoms with Gasteiger partial charge in [0.2, 0.25) is 11.8 Å². The molecule has 0 unspecified atom stereocenters. The third kappa shape index (κ3) is 4.90. The number of phenolic OH excluding ortho intramolecular Hbond substituents is 1. The molecule has 2 heterocycles. The molecule has 4 amide bonds. The van der Waals surface area contributed by atoms with E-state index in [4.69, 9.17) is 32.7 Å². The highest BCUT2D eigenvalue weighted by molar-refractivity contribution is 6.36. The first-order valence-corrected chi connectivity index (χ1v) is 17.0. The first-order valence-electron chi connectivity index (χ1n) is 16.2. The van der Waals surface area contributed by atoms with Crippen LogP contribution >= 0.6 is 23.2 Å². The van der Waals surface area contributed by atoms with Crippen LogP contribution in [0.2, 0.25) is 10.0 Å². The molecule has 10 nitrogen and oxygen atoms in total. The Morgan fingerprint density at radius 2 is 1.67 bits per heavy atom. The van der Waals surface area contributed by atoms with Crippen molar-refractivity contribution in [1.82, 2.24) is 9.91 Å². The molecular weight excluding hydrogens is 669 g/mol. The molecule has 2 aliphatic heterocycles. The maximum atomic E-state index is 15.3. The van der Waals surface area contributed by atoms with Crippen LogP contribution in [0.15, 0.2) is 72.3 Å². The molecule has 49 heavy (non-hydrogen) atoms. The summed E-state index contributed by atoms with van der Waals surface area (Å²) in [5.41, 5.74) is 3.65. The number of likely N-dealkylation sites (tertiary alicyclic amines) is 1. The molecule has 3 aromatic rings. The number of methoxy groups -OCH3 is 2. The first kappa shape index (κ1) is 33.0. The van der Waals surface area contributed by atoms with Crippen LogP contribution in [-0.2, 0) is 24.6 Å². The molecule has 6 atom stereocenters. The fourth-order valence-electron chi connectivity index (χ4n) is 8.64. The normalized spacial score (nSPS) is 27.4. The van der Waals surface area contributed by atoms with Crippen LogP contribution in [0, 0.1) is 23.7 Å². The molecule has 0 spiro atoms. The molecule has 4 aliphatic rings. The van der Waals surface area contributed by atoms with Gasteiger partial charge < -0.3 is 14.6 Å². The van der Waals surface area contributed by atoms with E-state index in [-0.39, 0.29) is 29.0 Å². The number of aromatic hydroxyl groups is 1. The Kier molecular flexibility index (Phi) is 8.35. The standard InChI is InChI=1S/C37H35Cl2N3O7/c1-4-15-41-33(44)25-13-12-23-26(31(25)35(41)46)18-27-34(45)42(40-29-14-7-20(38)16-28(29)39)36(47)37(27,19-5-9-22(48-2)10-6-19)32(23)24-11-8-21(43)17-30(24)49-3/h5-12,14,16-17,25-27,31-32,40,43H,4,13,15,18H2,1-3H3/t25-,26+,27-,31-,32+,37+/m0/s1. The predicted octanol–water partition coefficient (Wildman–Crippen LogP) is 6.11. The van der Waals surface area contributed by atoms with Crippen LogP contribution in [0.25, 0.3) is 0 Å². The third-order valence-corrected chi connectivity index (χ3v) is 11.2. The number of allylic oxidation sites excluding steroid dienone is 2. The smallest absolute Gasteiger partial charge is 0.260 e. The second-order valence-electron chi connectivity index (χ2n) is 13.0. The van der Waals surface area contributed by atoms with Gasteiger partial charge in [0.15, 0.2) is 0 Å². The molecular formula is C37H35Cl2N3O7. The highest BCUT2D eigenvalue weighted by atomic mass is 35.5. The number of anilines is 1. The van der Waals surface area contributed by atoms with Crippen LogP contribution < -0.4 is 14.9 Å². The Balaban J connectivity index is 1.48. The molecule has 254 valence electrons. The number of nitrogens with zero attached hydrogens (tertiary/aromatic N) is 2. The van der Waals surface area contributed by atoms with E-state index in [0.717, 1.165) is 10.6 Å². The van der Waals surface area contributed by atoms with Crippen molar-refractivity contribution in [3.05, 3.63) is 93.5 Å². The van der Waals surface area contributed by atoms with E-state index in [0.29, 0.717) is 52.7 Å². The molecule has 2 aliphatic carbocycles. The van der Waals surface area contributed by atoms with Crippen LogP contribution in [0.1, 0.15) is 43.2 Å². The Hall–Kier alpha value is -4.54. The van der Waals surface area contributed by atoms with Gasteiger partial charge in [-0.15, -0.1) is 0 Å². The zero-order valence-corrected chi connectivity index (χ0v) is 28.6. The molecule has 0 radical (unpaired) electrons. The molecule has 3 aromatic carbocycles. The number of halogens is 2. The average molecular weight is 705 g/mol. The lowest BCUT2D eigenvalue weighted by Gasteiger charge is -2.50. The summed E-state index contributed by atoms with van der Waals surface area (Å²) in [4.78, 5) is 59.1. The molecule has 3 fully saturated rings. The quantitative estimate of drug-likeness (QED) is 0.213. The topological polar surface area (TPSA) is 125 Å². The number of hydrogen-bond donors (Lipinski definition) is 2. The van der Waals surface area contributed by atoms with Gasteiger partial charge in [0, 0.05) is 29.1 Å². The summed E-state index contributed by atoms with van der Waals surface area (Å²) in [6.07, 6.45) is 3.06. The number of carbonyl (C=O) groups excluding carboxylic acids is 4. The van der Waals surface area contributed by atoms with Crippen LogP contribution in [0.3, 0.4) is 0 Å². The van der Waals surface area contributed by atoms with Crippen molar-refractivity contribution >= 4 is 52.5 Å². The number of fused-ring (bicyclic) bond motifs is 4. The lowest BCUT2D eigenvalue weighted by atomic mass is 9.49. The Morgan fingerprint density at radius 3 is 2.35 bits per heavy atom. The maximum Gasteiger partial charge on any atom is 0.260 e. The van der Waals surface area contributed by atoms with E-state index in [1.165, 1.54) is 30.2 Å². The number of ether oxygens (including phenoxy) is 2. The number of rotatable bonds is 8. The summed E-state index contributed by atoms with van der Waals surface area (Å²) in [6, 6.07) is 16.5. The van der Waals surface area contributed by atoms with E-state index in [1.807, 2.05) is 13.0 Å². The number of phenols is 1. The third-order valence-electron chi connectivity index (χ3n) is 10.6. The second kappa shape index (κ2) is 12.4. The molecule has 2 N–H and O–H groups in total. The lowest BCUT2D eigenvalue weighted by molar-refractivity contribution is -0.141. The number of amides is 4. The maximum absolute atomic E-state index is 15.3. The molecule has 7 rings (SSSR count). The second-order valence-corrected chi connectivity index (χ2v) is 13.8. The van der Waals surface area contributed by atoms with Crippen LogP contribution in [0.4, 0.5) is 5.69 Å². The zero-order valence-electron chi connectivity index (χ0n) is 27.1. The van der Waals surface area contributed by atoms with Crippen LogP contribution in [-0.4, -0.2) is 59.4 Å². The number of benzene rings is 3. The van der Waals surface area contributed by atoms with Gasteiger partial charge in [0.25, 0.3) is 11.8 Å². The molecule has 1 saturated carbocycles. The summed E-state index contributed by atoms with van der Waals surface area (Å²) in [6.45, 7) is 2.23. The molecule has 2 saturated heterocycles. The van der Waals surface area contributed by atoms with Crippen molar-refractivity contribution in [2.45, 2.75) is 37.5 Å². The van der Waals surface area contributed by atoms with Crippen molar-refractivity contribution in [2.75, 3.05) is 26.2 Å². The zero-order chi connectivity index (χ0) is 34.8. The van der Waals surface area contributed by atoms with Gasteiger partial charge in [0.1, 0.15) is 17.2 Å². The van der Waals surface area contributed by atoms with E-state index in [1.54, 1.807) is 49.6 Å². The number of hydrazine groups is 1. The number of imide groups is 2. The summed E-state index contributed by atoms with van der Waals surface area (Å²) < 4.78 is 11.3. The molecule has 0 bridgehead atoms. The highest BCUT2D eigenvalue weighted by Gasteiger charge is 2.70. The largest absolute Gasteiger partial charge is 0.508 e. The van der Waals surface area contributed by atoms with Gasteiger partial charge in [-0.1, -0.05) is 60.0 Å². The Morgan fingerprint density at radius 1 is 0.918 bits per heavy atom. The fraction of sp³-hybridized carbons (Fsp3) is 0.351. The van der Waals surface area contributed by atoms with Gasteiger partial charge in [-0.2, -0.15) is 5.01 Å². The summed E-state index contributed by atoms with van der Waals surface area (Å²) in [7, 11) is 3.02. The fourth-order valence-corrected chi connectivity index (χ4v) is 9.09.